The van der Waals surface area contributed by atoms with E-state index < -0.39 is 16.1 Å². The van der Waals surface area contributed by atoms with Gasteiger partial charge in [0, 0.05) is 35.0 Å². The number of aromatic nitrogens is 2. The Morgan fingerprint density at radius 2 is 2.12 bits per heavy atom. The Bertz CT molecular complexity index is 802. The smallest absolute Gasteiger partial charge is 0.243 e. The fourth-order valence-corrected chi connectivity index (χ4v) is 5.58. The minimum atomic E-state index is -3.56. The molecule has 2 aromatic heterocycles. The second kappa shape index (κ2) is 6.59. The van der Waals surface area contributed by atoms with Gasteiger partial charge in [-0.05, 0) is 31.9 Å². The molecule has 0 aromatic carbocycles. The summed E-state index contributed by atoms with van der Waals surface area (Å²) in [4.78, 5) is 2.27. The van der Waals surface area contributed by atoms with Crippen molar-refractivity contribution >= 4 is 21.4 Å². The minimum Gasteiger partial charge on any atom is -0.388 e. The molecule has 6 nitrogen and oxygen atoms in total. The standard InChI is InChI=1S/C16H23N3O3S2/c1-12(20)14-5-6-15(23-14)16(7-3-4-8-16)11-18-24(21,22)13-9-17-19(2)10-13/h5-6,9-10,12,18,20H,3-4,7-8,11H2,1-2H3. The topological polar surface area (TPSA) is 84.2 Å². The number of rotatable bonds is 6. The van der Waals surface area contributed by atoms with Crippen LogP contribution in [0.4, 0.5) is 0 Å². The number of thiophene rings is 1. The molecular formula is C16H23N3O3S2. The second-order valence-electron chi connectivity index (χ2n) is 6.54. The number of aliphatic hydroxyl groups excluding tert-OH is 1. The maximum atomic E-state index is 12.5. The van der Waals surface area contributed by atoms with Gasteiger partial charge in [0.25, 0.3) is 0 Å². The van der Waals surface area contributed by atoms with E-state index in [0.29, 0.717) is 6.54 Å². The number of nitrogens with one attached hydrogen (secondary N) is 1. The van der Waals surface area contributed by atoms with E-state index in [1.54, 1.807) is 25.3 Å². The van der Waals surface area contributed by atoms with Gasteiger partial charge in [0.1, 0.15) is 4.90 Å². The largest absolute Gasteiger partial charge is 0.388 e. The van der Waals surface area contributed by atoms with Gasteiger partial charge < -0.3 is 5.11 Å². The third-order valence-corrected chi connectivity index (χ3v) is 7.57. The Morgan fingerprint density at radius 1 is 1.42 bits per heavy atom. The van der Waals surface area contributed by atoms with Gasteiger partial charge in [-0.2, -0.15) is 5.10 Å². The summed E-state index contributed by atoms with van der Waals surface area (Å²) >= 11 is 1.59. The predicted molar refractivity (Wildman–Crippen MR) is 93.5 cm³/mol. The van der Waals surface area contributed by atoms with E-state index in [2.05, 4.69) is 9.82 Å². The maximum absolute atomic E-state index is 12.5. The Kier molecular flexibility index (Phi) is 4.83. The van der Waals surface area contributed by atoms with Crippen molar-refractivity contribution in [3.63, 3.8) is 0 Å². The summed E-state index contributed by atoms with van der Waals surface area (Å²) in [6.45, 7) is 2.13. The fourth-order valence-electron chi connectivity index (χ4n) is 3.28. The lowest BCUT2D eigenvalue weighted by molar-refractivity contribution is 0.203. The zero-order valence-electron chi connectivity index (χ0n) is 13.9. The van der Waals surface area contributed by atoms with Gasteiger partial charge in [0.15, 0.2) is 0 Å². The van der Waals surface area contributed by atoms with Crippen molar-refractivity contribution in [1.82, 2.24) is 14.5 Å². The lowest BCUT2D eigenvalue weighted by Crippen LogP contribution is -2.38. The van der Waals surface area contributed by atoms with Crippen molar-refractivity contribution in [3.8, 4) is 0 Å². The molecule has 2 heterocycles. The number of aryl methyl sites for hydroxylation is 1. The van der Waals surface area contributed by atoms with Crippen LogP contribution in [-0.4, -0.2) is 29.8 Å². The van der Waals surface area contributed by atoms with Crippen LogP contribution in [0, 0.1) is 0 Å². The normalized spacial score (nSPS) is 18.8. The van der Waals surface area contributed by atoms with Crippen molar-refractivity contribution < 1.29 is 13.5 Å². The van der Waals surface area contributed by atoms with Crippen LogP contribution in [0.1, 0.15) is 48.5 Å². The highest BCUT2D eigenvalue weighted by atomic mass is 32.2. The summed E-state index contributed by atoms with van der Waals surface area (Å²) in [5.41, 5.74) is -0.174. The lowest BCUT2D eigenvalue weighted by atomic mass is 9.85. The number of sulfonamides is 1. The van der Waals surface area contributed by atoms with Crippen molar-refractivity contribution in [2.45, 2.75) is 49.0 Å². The number of hydrogen-bond acceptors (Lipinski definition) is 5. The van der Waals surface area contributed by atoms with Gasteiger partial charge in [0.05, 0.1) is 12.3 Å². The van der Waals surface area contributed by atoms with Crippen LogP contribution in [0.2, 0.25) is 0 Å². The molecule has 8 heteroatoms. The van der Waals surface area contributed by atoms with Crippen LogP contribution < -0.4 is 4.72 Å². The average Bonchev–Trinajstić information content (AvgIpc) is 3.25. The van der Waals surface area contributed by atoms with Crippen molar-refractivity contribution in [1.29, 1.82) is 0 Å². The Hall–Kier alpha value is -1.22. The number of aliphatic hydroxyl groups is 1. The lowest BCUT2D eigenvalue weighted by Gasteiger charge is -2.28. The molecule has 0 spiro atoms. The van der Waals surface area contributed by atoms with E-state index in [4.69, 9.17) is 0 Å². The van der Waals surface area contributed by atoms with Gasteiger partial charge in [-0.1, -0.05) is 12.8 Å². The van der Waals surface area contributed by atoms with Gasteiger partial charge in [-0.15, -0.1) is 11.3 Å². The molecule has 0 saturated heterocycles. The first kappa shape index (κ1) is 17.6. The minimum absolute atomic E-state index is 0.174. The van der Waals surface area contributed by atoms with Crippen molar-refractivity contribution in [2.24, 2.45) is 7.05 Å². The predicted octanol–water partition coefficient (Wildman–Crippen LogP) is 2.33. The molecule has 1 saturated carbocycles. The average molecular weight is 370 g/mol. The molecular weight excluding hydrogens is 346 g/mol. The summed E-state index contributed by atoms with van der Waals surface area (Å²) in [7, 11) is -1.87. The van der Waals surface area contributed by atoms with E-state index >= 15 is 0 Å². The molecule has 1 unspecified atom stereocenters. The summed E-state index contributed by atoms with van der Waals surface area (Å²) in [6, 6.07) is 3.98. The molecule has 2 aromatic rings. The van der Waals surface area contributed by atoms with Gasteiger partial charge >= 0.3 is 0 Å². The van der Waals surface area contributed by atoms with Crippen molar-refractivity contribution in [2.75, 3.05) is 6.54 Å². The molecule has 2 N–H and O–H groups in total. The summed E-state index contributed by atoms with van der Waals surface area (Å²) in [5, 5.41) is 13.7. The van der Waals surface area contributed by atoms with E-state index in [1.807, 2.05) is 12.1 Å². The molecule has 1 aliphatic rings. The van der Waals surface area contributed by atoms with Gasteiger partial charge in [-0.3, -0.25) is 4.68 Å². The second-order valence-corrected chi connectivity index (χ2v) is 9.42. The molecule has 0 aliphatic heterocycles. The first-order valence-corrected chi connectivity index (χ1v) is 10.4. The molecule has 3 rings (SSSR count). The Labute approximate surface area is 146 Å². The molecule has 1 atom stereocenters. The summed E-state index contributed by atoms with van der Waals surface area (Å²) < 4.78 is 29.2. The van der Waals surface area contributed by atoms with Crippen LogP contribution in [0.15, 0.2) is 29.4 Å². The maximum Gasteiger partial charge on any atom is 0.243 e. The van der Waals surface area contributed by atoms with Crippen LogP contribution >= 0.6 is 11.3 Å². The monoisotopic (exact) mass is 369 g/mol. The third-order valence-electron chi connectivity index (χ3n) is 4.71. The van der Waals surface area contributed by atoms with Gasteiger partial charge in [0.2, 0.25) is 10.0 Å². The van der Waals surface area contributed by atoms with Crippen LogP contribution in [-0.2, 0) is 22.5 Å². The van der Waals surface area contributed by atoms with Crippen molar-refractivity contribution in [3.05, 3.63) is 34.3 Å². The van der Waals surface area contributed by atoms with Gasteiger partial charge in [-0.25, -0.2) is 13.1 Å². The van der Waals surface area contributed by atoms with E-state index in [0.717, 1.165) is 35.4 Å². The number of hydrogen-bond donors (Lipinski definition) is 2. The van der Waals surface area contributed by atoms with Crippen LogP contribution in [0.25, 0.3) is 0 Å². The molecule has 0 amide bonds. The molecule has 0 radical (unpaired) electrons. The quantitative estimate of drug-likeness (QED) is 0.818. The number of nitrogens with zero attached hydrogens (tertiary/aromatic N) is 2. The van der Waals surface area contributed by atoms with Crippen LogP contribution in [0.3, 0.4) is 0 Å². The third kappa shape index (κ3) is 3.42. The highest BCUT2D eigenvalue weighted by Gasteiger charge is 2.38. The fraction of sp³-hybridized carbons (Fsp3) is 0.562. The molecule has 24 heavy (non-hydrogen) atoms. The van der Waals surface area contributed by atoms with Crippen LogP contribution in [0.5, 0.6) is 0 Å². The Morgan fingerprint density at radius 3 is 2.67 bits per heavy atom. The molecule has 1 aliphatic carbocycles. The highest BCUT2D eigenvalue weighted by Crippen LogP contribution is 2.44. The summed E-state index contributed by atoms with van der Waals surface area (Å²) in [5.74, 6) is 0. The molecule has 1 fully saturated rings. The zero-order chi connectivity index (χ0) is 17.4. The Balaban J connectivity index is 1.81. The van der Waals surface area contributed by atoms with E-state index in [9.17, 15) is 13.5 Å². The molecule has 0 bridgehead atoms. The van der Waals surface area contributed by atoms with E-state index in [-0.39, 0.29) is 10.3 Å². The SMILES string of the molecule is CC(O)c1ccc(C2(CNS(=O)(=O)c3cnn(C)c3)CCCC2)s1. The first-order valence-electron chi connectivity index (χ1n) is 8.09. The molecule has 132 valence electrons. The first-order chi connectivity index (χ1) is 11.3. The van der Waals surface area contributed by atoms with E-state index in [1.165, 1.54) is 17.1 Å². The highest BCUT2D eigenvalue weighted by molar-refractivity contribution is 7.89. The summed E-state index contributed by atoms with van der Waals surface area (Å²) in [6.07, 6.45) is 6.48. The zero-order valence-corrected chi connectivity index (χ0v) is 15.5.